The Hall–Kier alpha value is -5.01. The van der Waals surface area contributed by atoms with E-state index in [9.17, 15) is 21.0 Å². The molecule has 4 aromatic carbocycles. The first-order valence-corrected chi connectivity index (χ1v) is 11.1. The predicted octanol–water partition coefficient (Wildman–Crippen LogP) is 6.77. The Labute approximate surface area is 201 Å². The number of nitrogens with zero attached hydrogens (tertiary/aromatic N) is 5. The summed E-state index contributed by atoms with van der Waals surface area (Å²) in [5.41, 5.74) is 3.87. The summed E-state index contributed by atoms with van der Waals surface area (Å²) in [6, 6.07) is 33.1. The van der Waals surface area contributed by atoms with Crippen LogP contribution in [0.15, 0.2) is 88.7 Å². The van der Waals surface area contributed by atoms with E-state index in [0.717, 1.165) is 26.9 Å². The maximum atomic E-state index is 9.98. The van der Waals surface area contributed by atoms with Crippen molar-refractivity contribution in [1.82, 2.24) is 0 Å². The highest BCUT2D eigenvalue weighted by Gasteiger charge is 2.28. The Morgan fingerprint density at radius 2 is 1.03 bits per heavy atom. The third-order valence-corrected chi connectivity index (χ3v) is 6.77. The quantitative estimate of drug-likeness (QED) is 0.293. The van der Waals surface area contributed by atoms with Gasteiger partial charge in [0.05, 0.1) is 39.3 Å². The summed E-state index contributed by atoms with van der Waals surface area (Å²) in [5.74, 6) is 0. The molecular formula is C28H13N5S. The molecule has 34 heavy (non-hydrogen) atoms. The zero-order valence-corrected chi connectivity index (χ0v) is 18.5. The van der Waals surface area contributed by atoms with E-state index >= 15 is 0 Å². The zero-order valence-electron chi connectivity index (χ0n) is 17.6. The molecule has 0 fully saturated rings. The van der Waals surface area contributed by atoms with Crippen molar-refractivity contribution in [3.63, 3.8) is 0 Å². The molecule has 6 heteroatoms. The van der Waals surface area contributed by atoms with Crippen molar-refractivity contribution in [1.29, 1.82) is 21.0 Å². The van der Waals surface area contributed by atoms with Gasteiger partial charge < -0.3 is 4.90 Å². The number of rotatable bonds is 2. The van der Waals surface area contributed by atoms with Crippen molar-refractivity contribution < 1.29 is 0 Å². The van der Waals surface area contributed by atoms with Crippen LogP contribution in [0.25, 0.3) is 11.1 Å². The summed E-state index contributed by atoms with van der Waals surface area (Å²) in [6.07, 6.45) is 0. The van der Waals surface area contributed by atoms with E-state index < -0.39 is 0 Å². The van der Waals surface area contributed by atoms with Crippen molar-refractivity contribution in [2.75, 3.05) is 4.90 Å². The fourth-order valence-corrected chi connectivity index (χ4v) is 5.26. The monoisotopic (exact) mass is 451 g/mol. The van der Waals surface area contributed by atoms with Gasteiger partial charge in [-0.25, -0.2) is 0 Å². The second-order valence-corrected chi connectivity index (χ2v) is 8.52. The first kappa shape index (κ1) is 20.9. The maximum absolute atomic E-state index is 9.98. The van der Waals surface area contributed by atoms with E-state index in [1.807, 2.05) is 72.8 Å². The summed E-state index contributed by atoms with van der Waals surface area (Å²) < 4.78 is 0. The molecule has 0 amide bonds. The number of anilines is 3. The van der Waals surface area contributed by atoms with E-state index in [4.69, 9.17) is 0 Å². The molecule has 0 saturated carbocycles. The van der Waals surface area contributed by atoms with Gasteiger partial charge in [0, 0.05) is 20.9 Å². The number of benzene rings is 4. The van der Waals surface area contributed by atoms with Gasteiger partial charge in [-0.3, -0.25) is 0 Å². The normalized spacial score (nSPS) is 11.2. The molecule has 4 aromatic rings. The van der Waals surface area contributed by atoms with Gasteiger partial charge >= 0.3 is 0 Å². The third kappa shape index (κ3) is 3.16. The standard InChI is InChI=1S/C28H13N5S/c29-14-18-13-19(15-30)22(17-32)28(21(18)16-31)20-7-1-2-8-23(20)33-24-9-3-5-11-26(24)34-27-12-6-4-10-25(27)33/h1-13H. The Morgan fingerprint density at radius 1 is 0.559 bits per heavy atom. The topological polar surface area (TPSA) is 98.4 Å². The Kier molecular flexibility index (Phi) is 5.21. The molecule has 0 atom stereocenters. The molecule has 5 nitrogen and oxygen atoms in total. The first-order valence-electron chi connectivity index (χ1n) is 10.3. The van der Waals surface area contributed by atoms with E-state index in [0.29, 0.717) is 11.1 Å². The predicted molar refractivity (Wildman–Crippen MR) is 130 cm³/mol. The van der Waals surface area contributed by atoms with Crippen LogP contribution in [0.5, 0.6) is 0 Å². The summed E-state index contributed by atoms with van der Waals surface area (Å²) in [4.78, 5) is 4.24. The molecule has 0 saturated heterocycles. The molecular weight excluding hydrogens is 438 g/mol. The first-order chi connectivity index (χ1) is 16.7. The van der Waals surface area contributed by atoms with Crippen LogP contribution in [-0.4, -0.2) is 0 Å². The Morgan fingerprint density at radius 3 is 1.53 bits per heavy atom. The molecule has 0 unspecified atom stereocenters. The van der Waals surface area contributed by atoms with Crippen molar-refractivity contribution in [3.8, 4) is 35.4 Å². The molecule has 1 aliphatic rings. The van der Waals surface area contributed by atoms with E-state index in [-0.39, 0.29) is 22.3 Å². The van der Waals surface area contributed by atoms with E-state index in [2.05, 4.69) is 29.2 Å². The highest BCUT2D eigenvalue weighted by Crippen LogP contribution is 2.53. The Bertz CT molecular complexity index is 1550. The molecule has 1 aliphatic heterocycles. The fraction of sp³-hybridized carbons (Fsp3) is 0. The van der Waals surface area contributed by atoms with Crippen LogP contribution in [0.1, 0.15) is 22.3 Å². The number of nitriles is 4. The number of hydrogen-bond acceptors (Lipinski definition) is 6. The van der Waals surface area contributed by atoms with Crippen LogP contribution >= 0.6 is 11.8 Å². The van der Waals surface area contributed by atoms with Crippen LogP contribution in [0.2, 0.25) is 0 Å². The van der Waals surface area contributed by atoms with E-state index in [1.54, 1.807) is 11.8 Å². The lowest BCUT2D eigenvalue weighted by Gasteiger charge is -2.34. The van der Waals surface area contributed by atoms with Gasteiger partial charge in [-0.15, -0.1) is 0 Å². The Balaban J connectivity index is 1.89. The van der Waals surface area contributed by atoms with Gasteiger partial charge in [0.15, 0.2) is 0 Å². The SMILES string of the molecule is N#Cc1cc(C#N)c(C#N)c(-c2ccccc2N2c3ccccc3Sc3ccccc32)c1C#N. The molecule has 0 spiro atoms. The van der Waals surface area contributed by atoms with Crippen molar-refractivity contribution in [3.05, 3.63) is 101 Å². The smallest absolute Gasteiger partial charge is 0.101 e. The average Bonchev–Trinajstić information content (AvgIpc) is 2.90. The van der Waals surface area contributed by atoms with Crippen LogP contribution in [0.4, 0.5) is 17.1 Å². The number of hydrogen-bond donors (Lipinski definition) is 0. The summed E-state index contributed by atoms with van der Waals surface area (Å²) in [6.45, 7) is 0. The highest BCUT2D eigenvalue weighted by atomic mass is 32.2. The summed E-state index contributed by atoms with van der Waals surface area (Å²) in [7, 11) is 0. The summed E-state index contributed by atoms with van der Waals surface area (Å²) >= 11 is 1.68. The third-order valence-electron chi connectivity index (χ3n) is 5.64. The van der Waals surface area contributed by atoms with Gasteiger partial charge in [0.25, 0.3) is 0 Å². The zero-order chi connectivity index (χ0) is 23.7. The lowest BCUT2D eigenvalue weighted by molar-refractivity contribution is 1.17. The minimum Gasteiger partial charge on any atom is -0.308 e. The number of fused-ring (bicyclic) bond motifs is 2. The fourth-order valence-electron chi connectivity index (χ4n) is 4.21. The number of para-hydroxylation sites is 3. The maximum Gasteiger partial charge on any atom is 0.101 e. The summed E-state index contributed by atoms with van der Waals surface area (Å²) in [5, 5.41) is 39.3. The highest BCUT2D eigenvalue weighted by molar-refractivity contribution is 7.99. The van der Waals surface area contributed by atoms with Crippen LogP contribution < -0.4 is 4.90 Å². The van der Waals surface area contributed by atoms with Crippen LogP contribution in [0.3, 0.4) is 0 Å². The molecule has 5 rings (SSSR count). The van der Waals surface area contributed by atoms with Crippen molar-refractivity contribution in [2.45, 2.75) is 9.79 Å². The van der Waals surface area contributed by atoms with Crippen molar-refractivity contribution >= 4 is 28.8 Å². The van der Waals surface area contributed by atoms with Crippen molar-refractivity contribution in [2.24, 2.45) is 0 Å². The van der Waals surface area contributed by atoms with Gasteiger partial charge in [-0.05, 0) is 36.4 Å². The molecule has 0 radical (unpaired) electrons. The lowest BCUT2D eigenvalue weighted by atomic mass is 9.88. The minimum atomic E-state index is 0.0675. The molecule has 0 aromatic heterocycles. The molecule has 1 heterocycles. The van der Waals surface area contributed by atoms with Crippen LogP contribution in [0, 0.1) is 45.3 Å². The van der Waals surface area contributed by atoms with Gasteiger partial charge in [0.1, 0.15) is 24.3 Å². The second-order valence-electron chi connectivity index (χ2n) is 7.43. The van der Waals surface area contributed by atoms with Crippen LogP contribution in [-0.2, 0) is 0 Å². The second kappa shape index (κ2) is 8.50. The average molecular weight is 452 g/mol. The van der Waals surface area contributed by atoms with Gasteiger partial charge in [-0.1, -0.05) is 54.2 Å². The molecule has 0 N–H and O–H groups in total. The van der Waals surface area contributed by atoms with Gasteiger partial charge in [0.2, 0.25) is 0 Å². The minimum absolute atomic E-state index is 0.0675. The van der Waals surface area contributed by atoms with Gasteiger partial charge in [-0.2, -0.15) is 21.0 Å². The van der Waals surface area contributed by atoms with E-state index in [1.165, 1.54) is 6.07 Å². The molecule has 156 valence electrons. The lowest BCUT2D eigenvalue weighted by Crippen LogP contribution is -2.16. The molecule has 0 aliphatic carbocycles. The largest absolute Gasteiger partial charge is 0.308 e. The molecule has 0 bridgehead atoms.